The van der Waals surface area contributed by atoms with Gasteiger partial charge in [-0.25, -0.2) is 9.89 Å². The van der Waals surface area contributed by atoms with E-state index in [2.05, 4.69) is 20.2 Å². The summed E-state index contributed by atoms with van der Waals surface area (Å²) in [5, 5.41) is 10.3. The Hall–Kier alpha value is -1.40. The molecule has 7 nitrogen and oxygen atoms in total. The van der Waals surface area contributed by atoms with Crippen molar-refractivity contribution in [3.8, 4) is 0 Å². The third-order valence-corrected chi connectivity index (χ3v) is 2.61. The van der Waals surface area contributed by atoms with E-state index in [1.54, 1.807) is 4.57 Å². The summed E-state index contributed by atoms with van der Waals surface area (Å²) in [7, 11) is 0. The number of nitrogens with zero attached hydrogens (tertiary/aromatic N) is 5. The molecule has 0 aromatic carbocycles. The Labute approximate surface area is 90.5 Å². The molecule has 0 amide bonds. The van der Waals surface area contributed by atoms with Crippen molar-refractivity contribution >= 4 is 11.8 Å². The van der Waals surface area contributed by atoms with Gasteiger partial charge in [-0.3, -0.25) is 4.57 Å². The van der Waals surface area contributed by atoms with Gasteiger partial charge in [0.05, 0.1) is 0 Å². The minimum atomic E-state index is -0.192. The monoisotopic (exact) mass is 228 g/mol. The van der Waals surface area contributed by atoms with Crippen LogP contribution in [-0.2, 0) is 6.54 Å². The van der Waals surface area contributed by atoms with E-state index in [0.29, 0.717) is 24.0 Å². The van der Waals surface area contributed by atoms with Crippen LogP contribution in [0.1, 0.15) is 13.3 Å². The zero-order valence-corrected chi connectivity index (χ0v) is 9.20. The van der Waals surface area contributed by atoms with Gasteiger partial charge in [0.1, 0.15) is 0 Å². The topological polar surface area (TPSA) is 99.4 Å². The molecule has 0 radical (unpaired) electrons. The molecule has 0 saturated heterocycles. The Morgan fingerprint density at radius 3 is 3.20 bits per heavy atom. The van der Waals surface area contributed by atoms with Crippen LogP contribution in [0.25, 0.3) is 10.4 Å². The Balaban J connectivity index is 2.60. The van der Waals surface area contributed by atoms with E-state index in [9.17, 15) is 4.79 Å². The second kappa shape index (κ2) is 6.15. The van der Waals surface area contributed by atoms with Crippen LogP contribution in [0.3, 0.4) is 0 Å². The number of azide groups is 1. The van der Waals surface area contributed by atoms with Crippen molar-refractivity contribution in [2.75, 3.05) is 12.3 Å². The summed E-state index contributed by atoms with van der Waals surface area (Å²) in [6.45, 7) is 3.04. The molecule has 1 aromatic heterocycles. The van der Waals surface area contributed by atoms with Crippen LogP contribution < -0.4 is 5.69 Å². The van der Waals surface area contributed by atoms with Crippen molar-refractivity contribution in [3.05, 3.63) is 20.9 Å². The van der Waals surface area contributed by atoms with E-state index in [1.165, 1.54) is 11.8 Å². The standard InChI is InChI=1S/C7H12N6OS/c1-2-4-13-6(14)10-11-7(13)15-5-3-9-12-8/h2-5H2,1H3,(H,10,14). The fourth-order valence-corrected chi connectivity index (χ4v) is 1.85. The van der Waals surface area contributed by atoms with E-state index in [-0.39, 0.29) is 5.69 Å². The van der Waals surface area contributed by atoms with Crippen LogP contribution in [0.2, 0.25) is 0 Å². The third-order valence-electron chi connectivity index (χ3n) is 1.66. The zero-order valence-electron chi connectivity index (χ0n) is 8.38. The van der Waals surface area contributed by atoms with Crippen LogP contribution in [0.15, 0.2) is 15.1 Å². The quantitative estimate of drug-likeness (QED) is 0.262. The molecule has 15 heavy (non-hydrogen) atoms. The van der Waals surface area contributed by atoms with Gasteiger partial charge in [-0.1, -0.05) is 23.8 Å². The van der Waals surface area contributed by atoms with Crippen molar-refractivity contribution in [2.24, 2.45) is 5.11 Å². The number of nitrogens with one attached hydrogen (secondary N) is 1. The summed E-state index contributed by atoms with van der Waals surface area (Å²) in [5.41, 5.74) is 7.89. The average molecular weight is 228 g/mol. The van der Waals surface area contributed by atoms with E-state index in [4.69, 9.17) is 5.53 Å². The highest BCUT2D eigenvalue weighted by molar-refractivity contribution is 7.99. The fraction of sp³-hybridized carbons (Fsp3) is 0.714. The summed E-state index contributed by atoms with van der Waals surface area (Å²) in [4.78, 5) is 13.9. The highest BCUT2D eigenvalue weighted by Gasteiger charge is 2.06. The number of H-pyrrole nitrogens is 1. The molecule has 82 valence electrons. The van der Waals surface area contributed by atoms with Crippen molar-refractivity contribution in [1.82, 2.24) is 14.8 Å². The van der Waals surface area contributed by atoms with Crippen LogP contribution in [0.4, 0.5) is 0 Å². The van der Waals surface area contributed by atoms with Gasteiger partial charge < -0.3 is 0 Å². The fourth-order valence-electron chi connectivity index (χ4n) is 1.06. The van der Waals surface area contributed by atoms with Crippen molar-refractivity contribution < 1.29 is 0 Å². The number of rotatable bonds is 6. The van der Waals surface area contributed by atoms with E-state index >= 15 is 0 Å². The highest BCUT2D eigenvalue weighted by atomic mass is 32.2. The molecular weight excluding hydrogens is 216 g/mol. The Morgan fingerprint density at radius 2 is 2.53 bits per heavy atom. The van der Waals surface area contributed by atoms with Crippen LogP contribution >= 0.6 is 11.8 Å². The molecular formula is C7H12N6OS. The summed E-state index contributed by atoms with van der Waals surface area (Å²) in [6.07, 6.45) is 0.878. The normalized spacial score (nSPS) is 9.93. The number of thioether (sulfide) groups is 1. The molecule has 0 atom stereocenters. The van der Waals surface area contributed by atoms with E-state index in [0.717, 1.165) is 6.42 Å². The third kappa shape index (κ3) is 3.34. The van der Waals surface area contributed by atoms with Crippen LogP contribution in [0, 0.1) is 0 Å². The Morgan fingerprint density at radius 1 is 1.73 bits per heavy atom. The number of hydrogen-bond acceptors (Lipinski definition) is 4. The summed E-state index contributed by atoms with van der Waals surface area (Å²) < 4.78 is 1.58. The van der Waals surface area contributed by atoms with Crippen molar-refractivity contribution in [3.63, 3.8) is 0 Å². The molecule has 0 saturated carbocycles. The van der Waals surface area contributed by atoms with Crippen molar-refractivity contribution in [2.45, 2.75) is 25.0 Å². The maximum Gasteiger partial charge on any atom is 0.343 e. The van der Waals surface area contributed by atoms with E-state index in [1.807, 2.05) is 6.92 Å². The lowest BCUT2D eigenvalue weighted by Crippen LogP contribution is -2.17. The van der Waals surface area contributed by atoms with Gasteiger partial charge in [0.25, 0.3) is 0 Å². The first kappa shape index (κ1) is 11.7. The number of hydrogen-bond donors (Lipinski definition) is 1. The molecule has 1 rings (SSSR count). The maximum absolute atomic E-state index is 11.3. The average Bonchev–Trinajstić information content (AvgIpc) is 2.57. The zero-order chi connectivity index (χ0) is 11.1. The Kier molecular flexibility index (Phi) is 4.79. The largest absolute Gasteiger partial charge is 0.343 e. The lowest BCUT2D eigenvalue weighted by molar-refractivity contribution is 0.604. The van der Waals surface area contributed by atoms with Crippen LogP contribution in [0.5, 0.6) is 0 Å². The van der Waals surface area contributed by atoms with Gasteiger partial charge >= 0.3 is 5.69 Å². The molecule has 0 unspecified atom stereocenters. The second-order valence-corrected chi connectivity index (χ2v) is 3.83. The van der Waals surface area contributed by atoms with Gasteiger partial charge in [0, 0.05) is 23.8 Å². The summed E-state index contributed by atoms with van der Waals surface area (Å²) >= 11 is 1.40. The second-order valence-electron chi connectivity index (χ2n) is 2.77. The summed E-state index contributed by atoms with van der Waals surface area (Å²) in [6, 6.07) is 0. The van der Waals surface area contributed by atoms with Gasteiger partial charge in [-0.2, -0.15) is 0 Å². The molecule has 0 aliphatic carbocycles. The first-order valence-electron chi connectivity index (χ1n) is 4.58. The highest BCUT2D eigenvalue weighted by Crippen LogP contribution is 2.12. The SMILES string of the molecule is CCCn1c(SCCN=[N+]=[N-])n[nH]c1=O. The summed E-state index contributed by atoms with van der Waals surface area (Å²) in [5.74, 6) is 0.623. The number of aromatic amines is 1. The maximum atomic E-state index is 11.3. The predicted molar refractivity (Wildman–Crippen MR) is 57.9 cm³/mol. The molecule has 8 heteroatoms. The van der Waals surface area contributed by atoms with E-state index < -0.39 is 0 Å². The molecule has 0 fully saturated rings. The number of aromatic nitrogens is 3. The first-order chi connectivity index (χ1) is 7.29. The lowest BCUT2D eigenvalue weighted by Gasteiger charge is -2.01. The van der Waals surface area contributed by atoms with Gasteiger partial charge in [-0.15, -0.1) is 5.10 Å². The first-order valence-corrected chi connectivity index (χ1v) is 5.57. The molecule has 1 heterocycles. The Bertz CT molecular complexity index is 404. The predicted octanol–water partition coefficient (Wildman–Crippen LogP) is 1.38. The van der Waals surface area contributed by atoms with Crippen LogP contribution in [-0.4, -0.2) is 27.1 Å². The lowest BCUT2D eigenvalue weighted by atomic mass is 10.5. The van der Waals surface area contributed by atoms with Gasteiger partial charge in [-0.05, 0) is 12.0 Å². The molecule has 0 aliphatic rings. The van der Waals surface area contributed by atoms with Gasteiger partial charge in [0.2, 0.25) is 0 Å². The molecule has 0 spiro atoms. The molecule has 0 aliphatic heterocycles. The minimum Gasteiger partial charge on any atom is -0.270 e. The molecule has 1 N–H and O–H groups in total. The smallest absolute Gasteiger partial charge is 0.270 e. The minimum absolute atomic E-state index is 0.192. The molecule has 0 bridgehead atoms. The van der Waals surface area contributed by atoms with Gasteiger partial charge in [0.15, 0.2) is 5.16 Å². The molecule has 1 aromatic rings. The van der Waals surface area contributed by atoms with Crippen molar-refractivity contribution in [1.29, 1.82) is 0 Å².